The van der Waals surface area contributed by atoms with Crippen molar-refractivity contribution in [1.29, 1.82) is 0 Å². The maximum absolute atomic E-state index is 11.5. The smallest absolute Gasteiger partial charge is 0.372 e. The molecule has 0 aliphatic heterocycles. The highest BCUT2D eigenvalue weighted by molar-refractivity contribution is 5.67. The van der Waals surface area contributed by atoms with E-state index in [1.807, 2.05) is 13.8 Å². The number of hydrogen-bond acceptors (Lipinski definition) is 2. The van der Waals surface area contributed by atoms with Crippen LogP contribution in [0.2, 0.25) is 0 Å². The van der Waals surface area contributed by atoms with E-state index in [1.54, 1.807) is 0 Å². The third kappa shape index (κ3) is 2.08. The molecule has 0 unspecified atom stereocenters. The van der Waals surface area contributed by atoms with Gasteiger partial charge in [-0.05, 0) is 25.8 Å². The first-order chi connectivity index (χ1) is 7.72. The number of esters is 1. The molecule has 0 radical (unpaired) electrons. The van der Waals surface area contributed by atoms with Gasteiger partial charge in [-0.2, -0.15) is 4.57 Å². The van der Waals surface area contributed by atoms with Crippen LogP contribution in [0.4, 0.5) is 0 Å². The largest absolute Gasteiger partial charge is 0.461 e. The fourth-order valence-electron chi connectivity index (χ4n) is 2.32. The molecule has 1 aliphatic rings. The number of fused-ring (bicyclic) bond motifs is 1. The first kappa shape index (κ1) is 11.1. The average Bonchev–Trinajstić information content (AvgIpc) is 2.71. The van der Waals surface area contributed by atoms with Gasteiger partial charge in [0.1, 0.15) is 0 Å². The predicted octanol–water partition coefficient (Wildman–Crippen LogP) is 1.33. The van der Waals surface area contributed by atoms with E-state index >= 15 is 0 Å². The number of aromatic nitrogens is 1. The molecule has 16 heavy (non-hydrogen) atoms. The van der Waals surface area contributed by atoms with Crippen molar-refractivity contribution in [3.8, 4) is 0 Å². The number of ether oxygens (including phenoxy) is 1. The molecular weight excluding hydrogens is 202 g/mol. The van der Waals surface area contributed by atoms with E-state index in [-0.39, 0.29) is 5.97 Å². The lowest BCUT2D eigenvalue weighted by atomic mass is 10.2. The summed E-state index contributed by atoms with van der Waals surface area (Å²) in [6, 6.07) is 4.27. The third-order valence-electron chi connectivity index (χ3n) is 3.10. The van der Waals surface area contributed by atoms with Crippen LogP contribution in [-0.2, 0) is 28.9 Å². The molecule has 0 bridgehead atoms. The highest BCUT2D eigenvalue weighted by Crippen LogP contribution is 2.18. The van der Waals surface area contributed by atoms with Crippen LogP contribution in [0.3, 0.4) is 0 Å². The molecule has 1 aromatic rings. The van der Waals surface area contributed by atoms with Crippen molar-refractivity contribution in [2.75, 3.05) is 6.61 Å². The van der Waals surface area contributed by atoms with Gasteiger partial charge in [0.25, 0.3) is 0 Å². The van der Waals surface area contributed by atoms with Gasteiger partial charge in [-0.25, -0.2) is 4.79 Å². The molecule has 0 N–H and O–H groups in total. The summed E-state index contributed by atoms with van der Waals surface area (Å²) in [5.74, 6) is -0.143. The van der Waals surface area contributed by atoms with E-state index in [2.05, 4.69) is 16.7 Å². The minimum atomic E-state index is -0.143. The van der Waals surface area contributed by atoms with Crippen molar-refractivity contribution < 1.29 is 14.1 Å². The van der Waals surface area contributed by atoms with Crippen LogP contribution < -0.4 is 4.57 Å². The number of carbonyl (C=O) groups is 1. The highest BCUT2D eigenvalue weighted by Gasteiger charge is 2.25. The predicted molar refractivity (Wildman–Crippen MR) is 60.0 cm³/mol. The number of carbonyl (C=O) groups excluding carboxylic acids is 1. The van der Waals surface area contributed by atoms with E-state index in [9.17, 15) is 4.79 Å². The first-order valence-corrected chi connectivity index (χ1v) is 5.89. The summed E-state index contributed by atoms with van der Waals surface area (Å²) in [5.41, 5.74) is 3.83. The van der Waals surface area contributed by atoms with Crippen LogP contribution in [0.15, 0.2) is 12.1 Å². The normalized spacial score (nSPS) is 13.6. The topological polar surface area (TPSA) is 30.2 Å². The van der Waals surface area contributed by atoms with Gasteiger partial charge in [0.05, 0.1) is 6.61 Å². The third-order valence-corrected chi connectivity index (χ3v) is 3.10. The summed E-state index contributed by atoms with van der Waals surface area (Å²) in [4.78, 5) is 11.5. The maximum Gasteiger partial charge on any atom is 0.372 e. The Kier molecular flexibility index (Phi) is 3.22. The number of hydrogen-bond donors (Lipinski definition) is 0. The van der Waals surface area contributed by atoms with Crippen LogP contribution in [0.25, 0.3) is 0 Å². The van der Waals surface area contributed by atoms with Gasteiger partial charge in [0, 0.05) is 25.0 Å². The molecule has 0 spiro atoms. The van der Waals surface area contributed by atoms with E-state index in [0.717, 1.165) is 18.5 Å². The second-order valence-corrected chi connectivity index (χ2v) is 4.19. The molecule has 0 aromatic carbocycles. The molecule has 3 heteroatoms. The zero-order chi connectivity index (χ0) is 11.5. The highest BCUT2D eigenvalue weighted by atomic mass is 16.5. The second kappa shape index (κ2) is 4.64. The van der Waals surface area contributed by atoms with E-state index in [1.165, 1.54) is 17.7 Å². The van der Waals surface area contributed by atoms with Crippen LogP contribution in [-0.4, -0.2) is 12.6 Å². The van der Waals surface area contributed by atoms with Crippen LogP contribution in [0.5, 0.6) is 0 Å². The van der Waals surface area contributed by atoms with Gasteiger partial charge in [0.15, 0.2) is 11.4 Å². The average molecular weight is 220 g/mol. The van der Waals surface area contributed by atoms with Gasteiger partial charge >= 0.3 is 5.97 Å². The van der Waals surface area contributed by atoms with Gasteiger partial charge in [-0.1, -0.05) is 0 Å². The van der Waals surface area contributed by atoms with Crippen molar-refractivity contribution in [3.05, 3.63) is 29.1 Å². The Morgan fingerprint density at radius 1 is 1.44 bits per heavy atom. The summed E-state index contributed by atoms with van der Waals surface area (Å²) in [5, 5.41) is 0. The Hall–Kier alpha value is -1.38. The van der Waals surface area contributed by atoms with E-state index in [0.29, 0.717) is 13.2 Å². The SMILES string of the molecule is CCOC(=O)C[n+]1c(C)ccc2c1CCC2. The lowest BCUT2D eigenvalue weighted by Gasteiger charge is -2.05. The molecular formula is C13H18NO2+. The summed E-state index contributed by atoms with van der Waals surface area (Å²) in [6.07, 6.45) is 3.41. The van der Waals surface area contributed by atoms with Crippen molar-refractivity contribution in [2.45, 2.75) is 39.7 Å². The number of rotatable bonds is 3. The molecule has 86 valence electrons. The molecule has 0 saturated carbocycles. The molecule has 0 atom stereocenters. The van der Waals surface area contributed by atoms with Crippen molar-refractivity contribution in [1.82, 2.24) is 0 Å². The molecule has 1 aliphatic carbocycles. The fraction of sp³-hybridized carbons (Fsp3) is 0.538. The number of aryl methyl sites for hydroxylation is 2. The van der Waals surface area contributed by atoms with Crippen LogP contribution in [0, 0.1) is 6.92 Å². The van der Waals surface area contributed by atoms with Crippen molar-refractivity contribution in [2.24, 2.45) is 0 Å². The number of nitrogens with zero attached hydrogens (tertiary/aromatic N) is 1. The Morgan fingerprint density at radius 2 is 2.25 bits per heavy atom. The Bertz CT molecular complexity index is 413. The molecule has 1 heterocycles. The minimum absolute atomic E-state index is 0.143. The minimum Gasteiger partial charge on any atom is -0.461 e. The summed E-state index contributed by atoms with van der Waals surface area (Å²) in [7, 11) is 0. The molecule has 0 amide bonds. The van der Waals surface area contributed by atoms with Crippen molar-refractivity contribution >= 4 is 5.97 Å². The molecule has 3 nitrogen and oxygen atoms in total. The van der Waals surface area contributed by atoms with E-state index < -0.39 is 0 Å². The Morgan fingerprint density at radius 3 is 3.00 bits per heavy atom. The monoisotopic (exact) mass is 220 g/mol. The Labute approximate surface area is 96.0 Å². The molecule has 1 aromatic heterocycles. The molecule has 2 rings (SSSR count). The zero-order valence-corrected chi connectivity index (χ0v) is 9.95. The summed E-state index contributed by atoms with van der Waals surface area (Å²) in [6.45, 7) is 4.68. The maximum atomic E-state index is 11.5. The van der Waals surface area contributed by atoms with Gasteiger partial charge in [-0.3, -0.25) is 0 Å². The fourth-order valence-corrected chi connectivity index (χ4v) is 2.32. The van der Waals surface area contributed by atoms with Gasteiger partial charge in [-0.15, -0.1) is 0 Å². The number of pyridine rings is 1. The van der Waals surface area contributed by atoms with Crippen LogP contribution in [0.1, 0.15) is 30.3 Å². The molecule has 0 fully saturated rings. The van der Waals surface area contributed by atoms with Gasteiger partial charge < -0.3 is 4.74 Å². The lowest BCUT2D eigenvalue weighted by Crippen LogP contribution is -2.45. The second-order valence-electron chi connectivity index (χ2n) is 4.19. The van der Waals surface area contributed by atoms with Gasteiger partial charge in [0.2, 0.25) is 6.54 Å². The van der Waals surface area contributed by atoms with E-state index in [4.69, 9.17) is 4.74 Å². The summed E-state index contributed by atoms with van der Waals surface area (Å²) < 4.78 is 7.10. The first-order valence-electron chi connectivity index (χ1n) is 5.89. The summed E-state index contributed by atoms with van der Waals surface area (Å²) >= 11 is 0. The molecule has 0 saturated heterocycles. The lowest BCUT2D eigenvalue weighted by molar-refractivity contribution is -0.698. The zero-order valence-electron chi connectivity index (χ0n) is 9.95. The standard InChI is InChI=1S/C13H18NO2/c1-3-16-13(15)9-14-10(2)7-8-11-5-4-6-12(11)14/h7-8H,3-6,9H2,1-2H3/q+1. The Balaban J connectivity index is 2.26. The van der Waals surface area contributed by atoms with Crippen LogP contribution >= 0.6 is 0 Å². The van der Waals surface area contributed by atoms with Crippen molar-refractivity contribution in [3.63, 3.8) is 0 Å². The quantitative estimate of drug-likeness (QED) is 0.568.